The molecular formula is C21H34N2. The van der Waals surface area contributed by atoms with Crippen molar-refractivity contribution in [3.05, 3.63) is 41.1 Å². The zero-order valence-electron chi connectivity index (χ0n) is 16.4. The zero-order valence-corrected chi connectivity index (χ0v) is 16.4. The van der Waals surface area contributed by atoms with Gasteiger partial charge >= 0.3 is 0 Å². The molecule has 2 nitrogen and oxygen atoms in total. The highest BCUT2D eigenvalue weighted by Gasteiger charge is 2.14. The summed E-state index contributed by atoms with van der Waals surface area (Å²) in [5.41, 5.74) is 6.14. The molecule has 0 saturated heterocycles. The normalized spacial score (nSPS) is 13.9. The molecule has 0 unspecified atom stereocenters. The number of aliphatic imine (C=N–C) groups is 1. The fourth-order valence-electron chi connectivity index (χ4n) is 2.80. The number of rotatable bonds is 5. The molecule has 0 aliphatic rings. The van der Waals surface area contributed by atoms with E-state index >= 15 is 0 Å². The largest absolute Gasteiger partial charge is 0.359 e. The van der Waals surface area contributed by atoms with Crippen molar-refractivity contribution in [1.29, 1.82) is 0 Å². The molecule has 0 aromatic heterocycles. The molecule has 0 aliphatic carbocycles. The van der Waals surface area contributed by atoms with Gasteiger partial charge in [0.1, 0.15) is 0 Å². The van der Waals surface area contributed by atoms with Crippen LogP contribution in [0.1, 0.15) is 85.3 Å². The predicted molar refractivity (Wildman–Crippen MR) is 105 cm³/mol. The van der Waals surface area contributed by atoms with Gasteiger partial charge in [-0.15, -0.1) is 0 Å². The lowest BCUT2D eigenvalue weighted by molar-refractivity contribution is 0.584. The molecule has 0 bridgehead atoms. The van der Waals surface area contributed by atoms with Crippen molar-refractivity contribution >= 4 is 11.4 Å². The molecule has 1 rings (SSSR count). The number of anilines is 1. The topological polar surface area (TPSA) is 24.4 Å². The van der Waals surface area contributed by atoms with Gasteiger partial charge in [-0.1, -0.05) is 45.9 Å². The average molecular weight is 315 g/mol. The Labute approximate surface area is 143 Å². The number of para-hydroxylation sites is 1. The Balaban J connectivity index is 3.19. The van der Waals surface area contributed by atoms with Crippen molar-refractivity contribution < 1.29 is 0 Å². The van der Waals surface area contributed by atoms with Gasteiger partial charge in [0.25, 0.3) is 0 Å². The third kappa shape index (κ3) is 6.21. The van der Waals surface area contributed by atoms with E-state index in [2.05, 4.69) is 91.9 Å². The van der Waals surface area contributed by atoms with Crippen LogP contribution in [-0.2, 0) is 0 Å². The molecule has 23 heavy (non-hydrogen) atoms. The molecule has 1 aromatic carbocycles. The van der Waals surface area contributed by atoms with Crippen molar-refractivity contribution in [2.24, 2.45) is 4.99 Å². The summed E-state index contributed by atoms with van der Waals surface area (Å²) in [6, 6.07) is 6.62. The molecule has 0 heterocycles. The molecule has 0 atom stereocenters. The highest BCUT2D eigenvalue weighted by Crippen LogP contribution is 2.33. The first-order valence-electron chi connectivity index (χ1n) is 8.66. The van der Waals surface area contributed by atoms with Crippen molar-refractivity contribution in [2.75, 3.05) is 5.32 Å². The summed E-state index contributed by atoms with van der Waals surface area (Å²) in [6.45, 7) is 19.5. The van der Waals surface area contributed by atoms with Gasteiger partial charge in [0, 0.05) is 17.1 Å². The lowest BCUT2D eigenvalue weighted by Crippen LogP contribution is -2.12. The van der Waals surface area contributed by atoms with Crippen molar-refractivity contribution in [1.82, 2.24) is 0 Å². The Morgan fingerprint density at radius 3 is 1.87 bits per heavy atom. The summed E-state index contributed by atoms with van der Waals surface area (Å²) in [4.78, 5) is 4.71. The molecule has 128 valence electrons. The van der Waals surface area contributed by atoms with E-state index < -0.39 is 0 Å². The van der Waals surface area contributed by atoms with E-state index in [-0.39, 0.29) is 5.54 Å². The van der Waals surface area contributed by atoms with Crippen LogP contribution in [0.3, 0.4) is 0 Å². The van der Waals surface area contributed by atoms with Gasteiger partial charge in [-0.05, 0) is 63.7 Å². The zero-order chi connectivity index (χ0) is 17.8. The molecule has 0 radical (unpaired) electrons. The summed E-state index contributed by atoms with van der Waals surface area (Å²) in [7, 11) is 0. The second kappa shape index (κ2) is 7.81. The van der Waals surface area contributed by atoms with Crippen LogP contribution in [0, 0.1) is 0 Å². The first-order chi connectivity index (χ1) is 10.5. The van der Waals surface area contributed by atoms with Gasteiger partial charge < -0.3 is 5.32 Å². The third-order valence-electron chi connectivity index (χ3n) is 3.63. The lowest BCUT2D eigenvalue weighted by Gasteiger charge is -2.21. The minimum absolute atomic E-state index is 0.0419. The first-order valence-corrected chi connectivity index (χ1v) is 8.66. The second-order valence-corrected chi connectivity index (χ2v) is 8.00. The quantitative estimate of drug-likeness (QED) is 0.616. The van der Waals surface area contributed by atoms with Gasteiger partial charge in [-0.2, -0.15) is 0 Å². The molecule has 0 spiro atoms. The highest BCUT2D eigenvalue weighted by atomic mass is 14.9. The van der Waals surface area contributed by atoms with E-state index in [9.17, 15) is 0 Å². The molecular weight excluding hydrogens is 280 g/mol. The number of nitrogens with zero attached hydrogens (tertiary/aromatic N) is 1. The highest BCUT2D eigenvalue weighted by molar-refractivity contribution is 5.94. The van der Waals surface area contributed by atoms with Gasteiger partial charge in [-0.3, -0.25) is 4.99 Å². The van der Waals surface area contributed by atoms with Crippen molar-refractivity contribution in [2.45, 2.75) is 79.7 Å². The minimum Gasteiger partial charge on any atom is -0.359 e. The Hall–Kier alpha value is -1.57. The molecule has 0 saturated carbocycles. The van der Waals surface area contributed by atoms with E-state index in [0.29, 0.717) is 11.8 Å². The van der Waals surface area contributed by atoms with Crippen LogP contribution in [0.2, 0.25) is 0 Å². The predicted octanol–water partition coefficient (Wildman–Crippen LogP) is 6.51. The van der Waals surface area contributed by atoms with Crippen LogP contribution in [0.15, 0.2) is 35.0 Å². The fourth-order valence-corrected chi connectivity index (χ4v) is 2.80. The standard InChI is InChI=1S/C21H34N2/c1-14(2)18-11-10-12-19(15(3)4)20(18)22-16(5)13-17(6)23-21(7,8)9/h10-15,22H,1-9H3/b16-13-,23-17?. The molecule has 0 amide bonds. The van der Waals surface area contributed by atoms with E-state index in [0.717, 1.165) is 11.4 Å². The number of nitrogens with one attached hydrogen (secondary N) is 1. The molecule has 1 aromatic rings. The molecule has 2 heteroatoms. The Kier molecular flexibility index (Phi) is 6.61. The summed E-state index contributed by atoms with van der Waals surface area (Å²) in [5.74, 6) is 0.988. The van der Waals surface area contributed by atoms with Gasteiger partial charge in [0.2, 0.25) is 0 Å². The van der Waals surface area contributed by atoms with E-state index in [4.69, 9.17) is 4.99 Å². The summed E-state index contributed by atoms with van der Waals surface area (Å²) in [6.07, 6.45) is 2.13. The Morgan fingerprint density at radius 1 is 1.00 bits per heavy atom. The summed E-state index contributed by atoms with van der Waals surface area (Å²) < 4.78 is 0. The van der Waals surface area contributed by atoms with E-state index in [1.54, 1.807) is 0 Å². The summed E-state index contributed by atoms with van der Waals surface area (Å²) in [5, 5.41) is 3.64. The smallest absolute Gasteiger partial charge is 0.0527 e. The lowest BCUT2D eigenvalue weighted by atomic mass is 9.92. The van der Waals surface area contributed by atoms with E-state index in [1.165, 1.54) is 16.8 Å². The number of allylic oxidation sites excluding steroid dienone is 2. The maximum Gasteiger partial charge on any atom is 0.0527 e. The van der Waals surface area contributed by atoms with Gasteiger partial charge in [0.05, 0.1) is 5.54 Å². The number of hydrogen-bond donors (Lipinski definition) is 1. The van der Waals surface area contributed by atoms with Crippen LogP contribution in [-0.4, -0.2) is 11.3 Å². The van der Waals surface area contributed by atoms with Gasteiger partial charge in [-0.25, -0.2) is 0 Å². The van der Waals surface area contributed by atoms with E-state index in [1.807, 2.05) is 0 Å². The first kappa shape index (κ1) is 19.5. The fraction of sp³-hybridized carbons (Fsp3) is 0.571. The van der Waals surface area contributed by atoms with Crippen LogP contribution in [0.4, 0.5) is 5.69 Å². The maximum atomic E-state index is 4.71. The van der Waals surface area contributed by atoms with Crippen molar-refractivity contribution in [3.63, 3.8) is 0 Å². The SMILES string of the molecule is CC(/C=C(/C)Nc1c(C(C)C)cccc1C(C)C)=NC(C)(C)C. The number of benzene rings is 1. The Bertz CT molecular complexity index is 558. The summed E-state index contributed by atoms with van der Waals surface area (Å²) >= 11 is 0. The van der Waals surface area contributed by atoms with Crippen LogP contribution in [0.25, 0.3) is 0 Å². The second-order valence-electron chi connectivity index (χ2n) is 8.00. The maximum absolute atomic E-state index is 4.71. The Morgan fingerprint density at radius 2 is 1.48 bits per heavy atom. The van der Waals surface area contributed by atoms with Crippen molar-refractivity contribution in [3.8, 4) is 0 Å². The molecule has 0 aliphatic heterocycles. The van der Waals surface area contributed by atoms with Crippen LogP contribution >= 0.6 is 0 Å². The van der Waals surface area contributed by atoms with Crippen LogP contribution in [0.5, 0.6) is 0 Å². The minimum atomic E-state index is -0.0419. The van der Waals surface area contributed by atoms with Gasteiger partial charge in [0.15, 0.2) is 0 Å². The number of hydrogen-bond acceptors (Lipinski definition) is 2. The average Bonchev–Trinajstić information content (AvgIpc) is 2.35. The third-order valence-corrected chi connectivity index (χ3v) is 3.63. The monoisotopic (exact) mass is 314 g/mol. The van der Waals surface area contributed by atoms with Crippen LogP contribution < -0.4 is 5.32 Å². The molecule has 1 N–H and O–H groups in total. The molecule has 0 fully saturated rings.